The first-order valence-electron chi connectivity index (χ1n) is 36.5. The number of anilines is 9. The molecule has 3 aromatic heterocycles. The van der Waals surface area contributed by atoms with E-state index in [0.717, 1.165) is 153 Å². The van der Waals surface area contributed by atoms with Crippen LogP contribution in [0.1, 0.15) is 31.7 Å². The molecule has 3 amide bonds. The molecule has 0 atom stereocenters. The number of carbonyl (C=O) groups is 3. The summed E-state index contributed by atoms with van der Waals surface area (Å²) in [5.41, 5.74) is 11.9. The van der Waals surface area contributed by atoms with Crippen LogP contribution in [0.3, 0.4) is 0 Å². The smallest absolute Gasteiger partial charge is 0.369 e. The predicted octanol–water partition coefficient (Wildman–Crippen LogP) is 8.62. The number of fused-ring (bicyclic) bond motifs is 3. The molecule has 6 aliphatic heterocycles. The van der Waals surface area contributed by atoms with E-state index in [1.807, 2.05) is 92.0 Å². The van der Waals surface area contributed by atoms with Crippen LogP contribution in [0.2, 0.25) is 0 Å². The van der Waals surface area contributed by atoms with Crippen molar-refractivity contribution in [2.45, 2.75) is 0 Å². The second kappa shape index (κ2) is 41.3. The van der Waals surface area contributed by atoms with Crippen molar-refractivity contribution >= 4 is 152 Å². The third kappa shape index (κ3) is 22.5. The van der Waals surface area contributed by atoms with Gasteiger partial charge in [-0.25, -0.2) is 0 Å². The number of nitrogens with zero attached hydrogens (tertiary/aromatic N) is 8. The van der Waals surface area contributed by atoms with Crippen LogP contribution >= 0.6 is 47.3 Å². The molecule has 6 aromatic carbocycles. The summed E-state index contributed by atoms with van der Waals surface area (Å²) in [5, 5.41) is 30.0. The average Bonchev–Trinajstić information content (AvgIpc) is 0.780. The number of morpholine rings is 3. The highest BCUT2D eigenvalue weighted by atomic mass is 79.9. The van der Waals surface area contributed by atoms with Gasteiger partial charge in [0.15, 0.2) is 50.3 Å². The maximum atomic E-state index is 13.0. The number of hydrogen-bond donors (Lipinski definition) is 7. The highest BCUT2D eigenvalue weighted by Gasteiger charge is 2.27. The summed E-state index contributed by atoms with van der Waals surface area (Å²) in [6.45, 7) is 19.0. The van der Waals surface area contributed by atoms with Gasteiger partial charge >= 0.3 is 3.18 Å². The summed E-state index contributed by atoms with van der Waals surface area (Å²) in [4.78, 5) is 95.3. The van der Waals surface area contributed by atoms with E-state index in [2.05, 4.69) is 121 Å². The van der Waals surface area contributed by atoms with Crippen LogP contribution in [0, 0.1) is 0 Å². The number of piperazine rings is 3. The number of ether oxygens (including phenoxy) is 5. The van der Waals surface area contributed by atoms with Crippen molar-refractivity contribution in [1.29, 1.82) is 0 Å². The SMILES string of the molecule is BrB(Br)Br.CN.CN1CCN(c2cc(O)cc3c(=O)cc(C(=O)Nc4ccc(N5CCOCC5)cc4)oc23)CC1.CO.COc1cc(N2CCN(C)CC2)c2oc(C(=O)Nc3ccc(N4CCOCC4)cc3)cc(=O)c2c1.COc1cc(N2CCNCC2)c2oc(C(=O)Nc3ccc(N4CCOCC4)cc3)cc(=O)c2c1. The summed E-state index contributed by atoms with van der Waals surface area (Å²) in [5.74, 6) is -0.431. The normalized spacial score (nSPS) is 16.0. The second-order valence-electron chi connectivity index (χ2n) is 26.2. The summed E-state index contributed by atoms with van der Waals surface area (Å²) in [7, 11) is 9.77. The highest BCUT2D eigenvalue weighted by molar-refractivity contribution is 9.69. The summed E-state index contributed by atoms with van der Waals surface area (Å²) in [6.07, 6.45) is 0. The lowest BCUT2D eigenvalue weighted by atomic mass is 10.1. The van der Waals surface area contributed by atoms with E-state index in [0.29, 0.717) is 101 Å². The zero-order valence-corrected chi connectivity index (χ0v) is 67.8. The van der Waals surface area contributed by atoms with Gasteiger partial charge in [0.25, 0.3) is 17.7 Å². The predicted molar refractivity (Wildman–Crippen MR) is 450 cm³/mol. The zero-order valence-electron chi connectivity index (χ0n) is 63.1. The molecular weight excluding hydrogens is 1630 g/mol. The van der Waals surface area contributed by atoms with Gasteiger partial charge in [0, 0.05) is 195 Å². The third-order valence-electron chi connectivity index (χ3n) is 19.2. The summed E-state index contributed by atoms with van der Waals surface area (Å²) >= 11 is 9.31. The van der Waals surface area contributed by atoms with Crippen molar-refractivity contribution in [3.63, 3.8) is 0 Å². The third-order valence-corrected chi connectivity index (χ3v) is 19.2. The number of phenols is 1. The first-order valence-corrected chi connectivity index (χ1v) is 39.2. The number of phenolic OH excluding ortho intramolecular Hbond substituents is 1. The molecule has 15 rings (SSSR count). The first-order chi connectivity index (χ1) is 53.8. The van der Waals surface area contributed by atoms with Crippen LogP contribution in [-0.4, -0.2) is 241 Å². The fraction of sp³-hybridized carbons (Fsp3) is 0.385. The number of methoxy groups -OCH3 is 2. The standard InChI is InChI=1S/C26H30N4O5.2C25H28N4O5.CH5N.CH4O.BBr3/c1-28-7-9-30(10-8-28)22-16-20(33-2)15-21-23(31)17-24(35-25(21)22)26(32)27-18-3-5-19(6-4-18)29-11-13-34-14-12-29;1-27-6-8-29(9-7-27)21-15-19(30)14-20-22(31)16-23(34-24(20)21)25(32)26-17-2-4-18(5-3-17)28-10-12-33-13-11-28;1-32-19-14-20-22(30)16-23(34-24(20)21(15-19)29-8-6-26-7-9-29)25(31)27-17-2-4-18(5-3-17)28-10-12-33-13-11-28;2*1-2;2-1(3)4/h3-6,15-17H,7-14H2,1-2H3,(H,27,32);2-5,14-16,30H,6-13H2,1H3,(H,26,32);2-5,14-16,26H,6-13H2,1H3,(H,27,31);2H2,1H3;2H,1H3;. The topological polar surface area (TPSA) is 329 Å². The molecule has 592 valence electrons. The lowest BCUT2D eigenvalue weighted by Crippen LogP contribution is -2.44. The number of rotatable bonds is 14. The highest BCUT2D eigenvalue weighted by Crippen LogP contribution is 2.36. The van der Waals surface area contributed by atoms with Gasteiger partial charge in [-0.1, -0.05) is 0 Å². The molecule has 0 aliphatic carbocycles. The van der Waals surface area contributed by atoms with E-state index in [-0.39, 0.29) is 47.9 Å². The number of hydrogen-bond acceptors (Lipinski definition) is 26. The van der Waals surface area contributed by atoms with Crippen molar-refractivity contribution in [3.8, 4) is 17.2 Å². The Morgan fingerprint density at radius 3 is 0.991 bits per heavy atom. The molecule has 111 heavy (non-hydrogen) atoms. The van der Waals surface area contributed by atoms with Crippen LogP contribution in [0.4, 0.5) is 51.2 Å². The molecule has 8 N–H and O–H groups in total. The molecule has 33 heteroatoms. The summed E-state index contributed by atoms with van der Waals surface area (Å²) < 4.78 is 45.4. The number of aliphatic hydroxyl groups excluding tert-OH is 1. The fourth-order valence-corrected chi connectivity index (χ4v) is 13.2. The van der Waals surface area contributed by atoms with E-state index in [1.54, 1.807) is 32.4 Å². The molecule has 6 saturated heterocycles. The number of amides is 3. The van der Waals surface area contributed by atoms with Gasteiger partial charge in [-0.3, -0.25) is 28.8 Å². The van der Waals surface area contributed by atoms with Crippen LogP contribution in [0.5, 0.6) is 17.2 Å². The van der Waals surface area contributed by atoms with Crippen LogP contribution in [0.25, 0.3) is 32.9 Å². The molecule has 0 unspecified atom stereocenters. The Morgan fingerprint density at radius 2 is 0.694 bits per heavy atom. The van der Waals surface area contributed by atoms with Crippen LogP contribution < -0.4 is 82.2 Å². The molecule has 0 saturated carbocycles. The van der Waals surface area contributed by atoms with Gasteiger partial charge < -0.3 is 113 Å². The van der Waals surface area contributed by atoms with Gasteiger partial charge in [0.05, 0.1) is 87.1 Å². The largest absolute Gasteiger partial charge is 0.508 e. The lowest BCUT2D eigenvalue weighted by molar-refractivity contribution is 0.0990. The van der Waals surface area contributed by atoms with Gasteiger partial charge in [0.2, 0.25) is 0 Å². The lowest BCUT2D eigenvalue weighted by Gasteiger charge is -2.34. The molecule has 6 fully saturated rings. The van der Waals surface area contributed by atoms with Crippen molar-refractivity contribution in [2.75, 3.05) is 245 Å². The molecule has 6 aliphatic rings. The Balaban J connectivity index is 0.000000169. The van der Waals surface area contributed by atoms with E-state index in [4.69, 9.17) is 42.0 Å². The molecule has 0 bridgehead atoms. The number of nitrogens with one attached hydrogen (secondary N) is 4. The molecule has 0 spiro atoms. The van der Waals surface area contributed by atoms with Gasteiger partial charge in [-0.15, -0.1) is 47.3 Å². The zero-order chi connectivity index (χ0) is 79.1. The second-order valence-corrected chi connectivity index (χ2v) is 32.6. The first kappa shape index (κ1) is 84.2. The van der Waals surface area contributed by atoms with Crippen LogP contribution in [0.15, 0.2) is 155 Å². The van der Waals surface area contributed by atoms with Crippen molar-refractivity contribution in [3.05, 3.63) is 175 Å². The monoisotopic (exact) mass is 1720 g/mol. The molecule has 0 radical (unpaired) electrons. The Kier molecular flexibility index (Phi) is 31.3. The van der Waals surface area contributed by atoms with Crippen LogP contribution in [-0.2, 0) is 14.2 Å². The van der Waals surface area contributed by atoms with Gasteiger partial charge in [-0.2, -0.15) is 0 Å². The quantitative estimate of drug-likeness (QED) is 0.0501. The van der Waals surface area contributed by atoms with Crippen molar-refractivity contribution in [2.24, 2.45) is 5.73 Å². The van der Waals surface area contributed by atoms with Gasteiger partial charge in [0.1, 0.15) is 17.2 Å². The Hall–Kier alpha value is -9.26. The maximum absolute atomic E-state index is 13.0. The number of likely N-dealkylation sites (N-methyl/N-ethyl adjacent to an activating group) is 2. The van der Waals surface area contributed by atoms with Crippen molar-refractivity contribution in [1.82, 2.24) is 15.1 Å². The minimum absolute atomic E-state index is 0.00807. The maximum Gasteiger partial charge on any atom is 0.369 e. The average molecular weight is 1720 g/mol. The molecule has 9 aromatic rings. The molecule has 29 nitrogen and oxygen atoms in total. The number of benzene rings is 6. The Morgan fingerprint density at radius 1 is 0.414 bits per heavy atom. The van der Waals surface area contributed by atoms with E-state index in [1.165, 1.54) is 31.3 Å². The Labute approximate surface area is 668 Å². The minimum atomic E-state index is -0.504. The van der Waals surface area contributed by atoms with E-state index < -0.39 is 17.7 Å². The Bertz CT molecular complexity index is 4750. The number of nitrogens with two attached hydrogens (primary N) is 1. The number of halogens is 3. The van der Waals surface area contributed by atoms with Gasteiger partial charge in [-0.05, 0) is 112 Å². The van der Waals surface area contributed by atoms with Crippen molar-refractivity contribution < 1.29 is 61.5 Å². The van der Waals surface area contributed by atoms with E-state index >= 15 is 0 Å². The number of carbonyl (C=O) groups excluding carboxylic acids is 3. The number of aliphatic hydroxyl groups is 1. The summed E-state index contributed by atoms with van der Waals surface area (Å²) in [6, 6.07) is 36.5. The number of aromatic hydroxyl groups is 1. The molecule has 9 heterocycles. The molecular formula is C78H95BBr3N13O16. The van der Waals surface area contributed by atoms with E-state index in [9.17, 15) is 33.9 Å². The minimum Gasteiger partial charge on any atom is -0.508 e. The fourth-order valence-electron chi connectivity index (χ4n) is 13.2.